The molecule has 2 aromatic heterocycles. The number of nitrogens with zero attached hydrogens (tertiary/aromatic N) is 2. The van der Waals surface area contributed by atoms with E-state index in [0.29, 0.717) is 13.2 Å². The normalized spacial score (nSPS) is 11.4. The van der Waals surface area contributed by atoms with Crippen molar-refractivity contribution in [2.45, 2.75) is 39.7 Å². The molecule has 0 bridgehead atoms. The molecule has 0 aliphatic carbocycles. The average molecular weight is 325 g/mol. The number of rotatable bonds is 6. The first-order chi connectivity index (χ1) is 9.93. The first-order valence-electron chi connectivity index (χ1n) is 6.71. The van der Waals surface area contributed by atoms with Crippen LogP contribution in [0.4, 0.5) is 5.13 Å². The number of carbonyl (C=O) groups is 1. The molecular weight excluding hydrogens is 306 g/mol. The van der Waals surface area contributed by atoms with E-state index in [1.54, 1.807) is 18.3 Å². The molecule has 0 aromatic carbocycles. The zero-order valence-electron chi connectivity index (χ0n) is 12.6. The van der Waals surface area contributed by atoms with Gasteiger partial charge in [-0.1, -0.05) is 0 Å². The largest absolute Gasteiger partial charge is 0.465 e. The lowest BCUT2D eigenvalue weighted by Gasteiger charge is -2.19. The van der Waals surface area contributed by atoms with E-state index in [-0.39, 0.29) is 5.97 Å². The average Bonchev–Trinajstić information content (AvgIpc) is 3.05. The van der Waals surface area contributed by atoms with Gasteiger partial charge in [0.25, 0.3) is 0 Å². The lowest BCUT2D eigenvalue weighted by molar-refractivity contribution is -0.148. The van der Waals surface area contributed by atoms with Crippen molar-refractivity contribution in [3.63, 3.8) is 0 Å². The first-order valence-corrected chi connectivity index (χ1v) is 8.47. The third kappa shape index (κ3) is 3.79. The van der Waals surface area contributed by atoms with Gasteiger partial charge in [-0.3, -0.25) is 4.79 Å². The molecule has 2 aromatic rings. The van der Waals surface area contributed by atoms with E-state index in [4.69, 9.17) is 4.74 Å². The van der Waals surface area contributed by atoms with Crippen LogP contribution in [0.25, 0.3) is 0 Å². The number of hydrogen-bond acceptors (Lipinski definition) is 7. The number of anilines is 1. The van der Waals surface area contributed by atoms with E-state index in [2.05, 4.69) is 15.3 Å². The smallest absolute Gasteiger partial charge is 0.317 e. The van der Waals surface area contributed by atoms with Gasteiger partial charge in [0.15, 0.2) is 5.13 Å². The van der Waals surface area contributed by atoms with Crippen LogP contribution in [0.3, 0.4) is 0 Å². The Balaban J connectivity index is 2.02. The Morgan fingerprint density at radius 2 is 2.10 bits per heavy atom. The van der Waals surface area contributed by atoms with Crippen molar-refractivity contribution in [2.75, 3.05) is 11.9 Å². The molecule has 21 heavy (non-hydrogen) atoms. The van der Waals surface area contributed by atoms with Crippen LogP contribution in [0, 0.1) is 6.92 Å². The molecule has 0 saturated heterocycles. The first kappa shape index (κ1) is 15.9. The summed E-state index contributed by atoms with van der Waals surface area (Å²) in [6.45, 7) is 8.45. The minimum atomic E-state index is -0.732. The van der Waals surface area contributed by atoms with Gasteiger partial charge in [-0.15, -0.1) is 22.7 Å². The summed E-state index contributed by atoms with van der Waals surface area (Å²) in [5.41, 5.74) is 1.02. The summed E-state index contributed by atoms with van der Waals surface area (Å²) >= 11 is 3.11. The SMILES string of the molecule is CCOC(=O)C(C)(C)c1csc(NCc2nc(C)cs2)n1. The van der Waals surface area contributed by atoms with Crippen molar-refractivity contribution in [3.8, 4) is 0 Å². The van der Waals surface area contributed by atoms with Crippen molar-refractivity contribution in [2.24, 2.45) is 0 Å². The standard InChI is InChI=1S/C14H19N3O2S2/c1-5-19-12(18)14(3,4)10-8-21-13(17-10)15-6-11-16-9(2)7-20-11/h7-8H,5-6H2,1-4H3,(H,15,17). The molecule has 0 aliphatic heterocycles. The van der Waals surface area contributed by atoms with Crippen LogP contribution < -0.4 is 5.32 Å². The van der Waals surface area contributed by atoms with E-state index >= 15 is 0 Å². The van der Waals surface area contributed by atoms with Crippen molar-refractivity contribution in [3.05, 3.63) is 27.2 Å². The molecule has 0 spiro atoms. The molecule has 5 nitrogen and oxygen atoms in total. The highest BCUT2D eigenvalue weighted by Gasteiger charge is 2.33. The summed E-state index contributed by atoms with van der Waals surface area (Å²) in [7, 11) is 0. The minimum absolute atomic E-state index is 0.252. The van der Waals surface area contributed by atoms with Crippen molar-refractivity contribution in [1.29, 1.82) is 0 Å². The summed E-state index contributed by atoms with van der Waals surface area (Å²) in [6.07, 6.45) is 0. The van der Waals surface area contributed by atoms with Gasteiger partial charge in [0.1, 0.15) is 10.4 Å². The van der Waals surface area contributed by atoms with E-state index in [1.165, 1.54) is 11.3 Å². The van der Waals surface area contributed by atoms with Gasteiger partial charge >= 0.3 is 5.97 Å². The molecule has 0 amide bonds. The zero-order chi connectivity index (χ0) is 15.5. The quantitative estimate of drug-likeness (QED) is 0.825. The van der Waals surface area contributed by atoms with Gasteiger partial charge in [-0.25, -0.2) is 9.97 Å². The molecule has 114 valence electrons. The van der Waals surface area contributed by atoms with Crippen molar-refractivity contribution < 1.29 is 9.53 Å². The highest BCUT2D eigenvalue weighted by Crippen LogP contribution is 2.28. The fourth-order valence-corrected chi connectivity index (χ4v) is 3.28. The highest BCUT2D eigenvalue weighted by atomic mass is 32.1. The number of ether oxygens (including phenoxy) is 1. The van der Waals surface area contributed by atoms with E-state index in [1.807, 2.05) is 31.5 Å². The van der Waals surface area contributed by atoms with Crippen LogP contribution in [-0.4, -0.2) is 22.5 Å². The molecule has 0 saturated carbocycles. The summed E-state index contributed by atoms with van der Waals surface area (Å²) in [5.74, 6) is -0.252. The Bertz CT molecular complexity index is 619. The molecule has 0 radical (unpaired) electrons. The maximum absolute atomic E-state index is 12.0. The molecular formula is C14H19N3O2S2. The van der Waals surface area contributed by atoms with Gasteiger partial charge < -0.3 is 10.1 Å². The Morgan fingerprint density at radius 1 is 1.33 bits per heavy atom. The number of carbonyl (C=O) groups excluding carboxylic acids is 1. The molecule has 2 rings (SSSR count). The monoisotopic (exact) mass is 325 g/mol. The van der Waals surface area contributed by atoms with Crippen LogP contribution in [0.1, 0.15) is 37.2 Å². The van der Waals surface area contributed by atoms with E-state index < -0.39 is 5.41 Å². The second-order valence-electron chi connectivity index (χ2n) is 5.12. The Hall–Kier alpha value is -1.47. The van der Waals surface area contributed by atoms with Crippen molar-refractivity contribution >= 4 is 33.8 Å². The molecule has 2 heterocycles. The van der Waals surface area contributed by atoms with E-state index in [9.17, 15) is 4.79 Å². The van der Waals surface area contributed by atoms with Crippen molar-refractivity contribution in [1.82, 2.24) is 9.97 Å². The fourth-order valence-electron chi connectivity index (χ4n) is 1.69. The molecule has 7 heteroatoms. The second kappa shape index (κ2) is 6.53. The lowest BCUT2D eigenvalue weighted by atomic mass is 9.90. The molecule has 0 atom stereocenters. The minimum Gasteiger partial charge on any atom is -0.465 e. The van der Waals surface area contributed by atoms with E-state index in [0.717, 1.165) is 21.5 Å². The highest BCUT2D eigenvalue weighted by molar-refractivity contribution is 7.13. The lowest BCUT2D eigenvalue weighted by Crippen LogP contribution is -2.31. The summed E-state index contributed by atoms with van der Waals surface area (Å²) in [6, 6.07) is 0. The van der Waals surface area contributed by atoms with Gasteiger partial charge in [0, 0.05) is 16.5 Å². The summed E-state index contributed by atoms with van der Waals surface area (Å²) in [4.78, 5) is 20.9. The molecule has 0 aliphatic rings. The predicted octanol–water partition coefficient (Wildman–Crippen LogP) is 3.36. The Labute approximate surface area is 132 Å². The van der Waals surface area contributed by atoms with Crippen LogP contribution in [-0.2, 0) is 21.5 Å². The van der Waals surface area contributed by atoms with Crippen LogP contribution in [0.2, 0.25) is 0 Å². The second-order valence-corrected chi connectivity index (χ2v) is 6.92. The number of nitrogens with one attached hydrogen (secondary N) is 1. The Morgan fingerprint density at radius 3 is 2.71 bits per heavy atom. The molecule has 1 N–H and O–H groups in total. The number of thiazole rings is 2. The topological polar surface area (TPSA) is 64.1 Å². The zero-order valence-corrected chi connectivity index (χ0v) is 14.2. The maximum atomic E-state index is 12.0. The predicted molar refractivity (Wildman–Crippen MR) is 86.0 cm³/mol. The molecule has 0 unspecified atom stereocenters. The van der Waals surface area contributed by atoms with Crippen LogP contribution in [0.15, 0.2) is 10.8 Å². The summed E-state index contributed by atoms with van der Waals surface area (Å²) < 4.78 is 5.10. The fraction of sp³-hybridized carbons (Fsp3) is 0.500. The third-order valence-electron chi connectivity index (χ3n) is 2.99. The molecule has 0 fully saturated rings. The summed E-state index contributed by atoms with van der Waals surface area (Å²) in [5, 5.41) is 8.97. The third-order valence-corrected chi connectivity index (χ3v) is 4.75. The van der Waals surface area contributed by atoms with Gasteiger partial charge in [0.2, 0.25) is 0 Å². The van der Waals surface area contributed by atoms with Gasteiger partial charge in [-0.2, -0.15) is 0 Å². The number of esters is 1. The number of aryl methyl sites for hydroxylation is 1. The van der Waals surface area contributed by atoms with Crippen LogP contribution in [0.5, 0.6) is 0 Å². The van der Waals surface area contributed by atoms with Gasteiger partial charge in [0.05, 0.1) is 18.8 Å². The van der Waals surface area contributed by atoms with Crippen LogP contribution >= 0.6 is 22.7 Å². The number of aromatic nitrogens is 2. The maximum Gasteiger partial charge on any atom is 0.317 e. The van der Waals surface area contributed by atoms with Gasteiger partial charge in [-0.05, 0) is 27.7 Å². The number of hydrogen-bond donors (Lipinski definition) is 1. The Kier molecular flexibility index (Phi) is 4.95.